The molecule has 1 unspecified atom stereocenters. The topological polar surface area (TPSA) is 0 Å². The molecule has 22 heavy (non-hydrogen) atoms. The molecule has 3 aliphatic rings. The van der Waals surface area contributed by atoms with Gasteiger partial charge in [0.25, 0.3) is 0 Å². The van der Waals surface area contributed by atoms with Crippen molar-refractivity contribution in [1.29, 1.82) is 0 Å². The van der Waals surface area contributed by atoms with E-state index in [9.17, 15) is 0 Å². The summed E-state index contributed by atoms with van der Waals surface area (Å²) < 4.78 is 3.40. The van der Waals surface area contributed by atoms with E-state index in [1.807, 2.05) is 11.8 Å². The van der Waals surface area contributed by atoms with Crippen LogP contribution in [0.4, 0.5) is 0 Å². The Morgan fingerprint density at radius 1 is 1.18 bits per heavy atom. The second-order valence-electron chi connectivity index (χ2n) is 5.75. The first-order chi connectivity index (χ1) is 9.56. The van der Waals surface area contributed by atoms with Gasteiger partial charge in [-0.05, 0) is 10.8 Å². The van der Waals surface area contributed by atoms with Crippen molar-refractivity contribution in [2.75, 3.05) is 0 Å². The summed E-state index contributed by atoms with van der Waals surface area (Å²) in [6.45, 7) is 9.02. The van der Waals surface area contributed by atoms with Crippen molar-refractivity contribution in [3.8, 4) is 0 Å². The van der Waals surface area contributed by atoms with Crippen LogP contribution >= 0.6 is 11.8 Å². The minimum absolute atomic E-state index is 0. The van der Waals surface area contributed by atoms with Gasteiger partial charge in [-0.1, -0.05) is 49.9 Å². The summed E-state index contributed by atoms with van der Waals surface area (Å²) in [5.74, 6) is 1.32. The van der Waals surface area contributed by atoms with Gasteiger partial charge < -0.3 is 24.8 Å². The second kappa shape index (κ2) is 11.0. The van der Waals surface area contributed by atoms with Crippen LogP contribution < -0.4 is 24.8 Å². The molecule has 3 rings (SSSR count). The van der Waals surface area contributed by atoms with E-state index in [2.05, 4.69) is 70.2 Å². The van der Waals surface area contributed by atoms with Crippen LogP contribution in [0.1, 0.15) is 34.1 Å². The van der Waals surface area contributed by atoms with Gasteiger partial charge in [-0.2, -0.15) is 0 Å². The smallest absolute Gasteiger partial charge is 1.00 e. The number of thioether (sulfide) groups is 1. The van der Waals surface area contributed by atoms with E-state index < -0.39 is 0 Å². The Labute approximate surface area is 163 Å². The van der Waals surface area contributed by atoms with Gasteiger partial charge in [0.1, 0.15) is 0 Å². The van der Waals surface area contributed by atoms with Gasteiger partial charge in [-0.25, -0.2) is 0 Å². The Morgan fingerprint density at radius 3 is 2.41 bits per heavy atom. The molecule has 0 spiro atoms. The molecule has 119 valence electrons. The molecule has 1 heterocycles. The summed E-state index contributed by atoms with van der Waals surface area (Å²) in [7, 11) is 0. The Morgan fingerprint density at radius 2 is 1.91 bits per heavy atom. The number of hydrogen-bond donors (Lipinski definition) is 0. The quantitative estimate of drug-likeness (QED) is 0.565. The maximum atomic E-state index is 2.38. The van der Waals surface area contributed by atoms with Crippen LogP contribution in [0, 0.1) is 11.8 Å². The molecule has 0 N–H and O–H groups in total. The van der Waals surface area contributed by atoms with Gasteiger partial charge in [-0.15, -0.1) is 0 Å². The third-order valence-corrected chi connectivity index (χ3v) is 7.65. The van der Waals surface area contributed by atoms with Crippen molar-refractivity contribution >= 4 is 15.0 Å². The van der Waals surface area contributed by atoms with E-state index in [1.165, 1.54) is 16.2 Å². The SMILES string of the molecule is CC(C)C1=CC2C=CC=C2S1.C[C](C)=[Zr+2][C]1=CC=CC1.[Cl-].[Cl-]. The fraction of sp³-hybridized carbons (Fsp3) is 0.389. The van der Waals surface area contributed by atoms with Crippen LogP contribution in [0.2, 0.25) is 0 Å². The van der Waals surface area contributed by atoms with Gasteiger partial charge in [0.05, 0.1) is 0 Å². The van der Waals surface area contributed by atoms with E-state index in [-0.39, 0.29) is 47.6 Å². The summed E-state index contributed by atoms with van der Waals surface area (Å²) >= 11 is 1.73. The molecule has 0 aromatic heterocycles. The summed E-state index contributed by atoms with van der Waals surface area (Å²) in [5.41, 5.74) is 0. The first-order valence-electron chi connectivity index (χ1n) is 7.27. The molecule has 2 aliphatic carbocycles. The molecule has 0 saturated carbocycles. The predicted octanol–water partition coefficient (Wildman–Crippen LogP) is -0.524. The van der Waals surface area contributed by atoms with Gasteiger partial charge in [0, 0.05) is 10.8 Å². The van der Waals surface area contributed by atoms with Crippen LogP contribution in [0.25, 0.3) is 0 Å². The van der Waals surface area contributed by atoms with Crippen LogP contribution in [-0.2, 0) is 22.8 Å². The van der Waals surface area contributed by atoms with Crippen LogP contribution in [0.5, 0.6) is 0 Å². The first kappa shape index (κ1) is 22.4. The number of fused-ring (bicyclic) bond motifs is 1. The number of allylic oxidation sites excluding steroid dienone is 10. The first-order valence-corrected chi connectivity index (χ1v) is 10.5. The van der Waals surface area contributed by atoms with E-state index in [4.69, 9.17) is 0 Å². The Kier molecular flexibility index (Phi) is 11.2. The molecule has 0 saturated heterocycles. The Hall–Kier alpha value is 0.383. The molecule has 1 aliphatic heterocycles. The average Bonchev–Trinajstić information content (AvgIpc) is 3.02. The van der Waals surface area contributed by atoms with Crippen molar-refractivity contribution in [3.05, 3.63) is 55.6 Å². The largest absolute Gasteiger partial charge is 1.00 e. The monoisotopic (exact) mass is 431 g/mol. The molecular formula is C18H23Cl2SZr. The zero-order valence-corrected chi connectivity index (χ0v) is 18.4. The summed E-state index contributed by atoms with van der Waals surface area (Å²) in [4.78, 5) is 3.04. The van der Waals surface area contributed by atoms with Crippen molar-refractivity contribution in [2.45, 2.75) is 34.1 Å². The molecule has 1 atom stereocenters. The van der Waals surface area contributed by atoms with E-state index >= 15 is 0 Å². The molecule has 0 nitrogen and oxygen atoms in total. The maximum Gasteiger partial charge on any atom is -1.00 e. The van der Waals surface area contributed by atoms with E-state index in [0.717, 1.165) is 0 Å². The molecule has 0 radical (unpaired) electrons. The standard InChI is InChI=1S/C10H12S.C5H5.C3H6.2ClH.Zr/c1-7(2)10-6-8-4-3-5-9(8)11-10;1-2-4-5-3-1;1-3-2;;;/h3-8H,1-2H3;1-3H,4H2;1-2H3;2*1H;/q;;;;;+2/p-2. The predicted molar refractivity (Wildman–Crippen MR) is 89.4 cm³/mol. The van der Waals surface area contributed by atoms with E-state index in [0.29, 0.717) is 11.8 Å². The molecule has 4 heteroatoms. The molecule has 0 aromatic rings. The zero-order valence-electron chi connectivity index (χ0n) is 13.6. The third kappa shape index (κ3) is 6.87. The minimum atomic E-state index is -0.220. The van der Waals surface area contributed by atoms with Crippen LogP contribution in [0.15, 0.2) is 55.6 Å². The Balaban J connectivity index is 0.000000374. The van der Waals surface area contributed by atoms with Gasteiger partial charge in [-0.3, -0.25) is 0 Å². The van der Waals surface area contributed by atoms with Crippen LogP contribution in [0.3, 0.4) is 0 Å². The molecular weight excluding hydrogens is 410 g/mol. The molecule has 0 aromatic carbocycles. The fourth-order valence-corrected chi connectivity index (χ4v) is 5.95. The zero-order chi connectivity index (χ0) is 14.5. The molecule has 0 fully saturated rings. The van der Waals surface area contributed by atoms with Crippen molar-refractivity contribution in [3.63, 3.8) is 0 Å². The number of rotatable bonds is 2. The van der Waals surface area contributed by atoms with Crippen molar-refractivity contribution in [2.24, 2.45) is 11.8 Å². The minimum Gasteiger partial charge on any atom is -1.00 e. The molecule has 0 bridgehead atoms. The number of hydrogen-bond acceptors (Lipinski definition) is 1. The third-order valence-electron chi connectivity index (χ3n) is 3.24. The number of halogens is 2. The second-order valence-corrected chi connectivity index (χ2v) is 11.6. The fourth-order valence-electron chi connectivity index (χ4n) is 2.23. The normalized spacial score (nSPS) is 19.9. The van der Waals surface area contributed by atoms with Crippen LogP contribution in [-0.4, -0.2) is 3.21 Å². The van der Waals surface area contributed by atoms with Crippen molar-refractivity contribution < 1.29 is 47.6 Å². The maximum absolute atomic E-state index is 2.38. The summed E-state index contributed by atoms with van der Waals surface area (Å²) in [6.07, 6.45) is 17.0. The van der Waals surface area contributed by atoms with Gasteiger partial charge >= 0.3 is 67.7 Å². The summed E-state index contributed by atoms with van der Waals surface area (Å²) in [5, 5.41) is 0. The average molecular weight is 434 g/mol. The summed E-state index contributed by atoms with van der Waals surface area (Å²) in [6, 6.07) is 0. The van der Waals surface area contributed by atoms with Gasteiger partial charge in [0.2, 0.25) is 0 Å². The Bertz CT molecular complexity index is 547. The van der Waals surface area contributed by atoms with E-state index in [1.54, 1.807) is 6.49 Å². The molecule has 0 amide bonds. The van der Waals surface area contributed by atoms with Crippen molar-refractivity contribution in [1.82, 2.24) is 0 Å². The van der Waals surface area contributed by atoms with Gasteiger partial charge in [0.15, 0.2) is 0 Å².